The fourth-order valence-corrected chi connectivity index (χ4v) is 3.02. The third-order valence-electron chi connectivity index (χ3n) is 3.80. The normalized spacial score (nSPS) is 21.6. The number of nitrogens with two attached hydrogens (primary N) is 1. The van der Waals surface area contributed by atoms with Crippen LogP contribution in [0, 0.1) is 0 Å². The number of hydrogen-bond acceptors (Lipinski definition) is 4. The lowest BCUT2D eigenvalue weighted by Gasteiger charge is -2.16. The zero-order valence-electron chi connectivity index (χ0n) is 11.9. The molecule has 1 aliphatic rings. The number of hydrogen-bond donors (Lipinski definition) is 2. The Kier molecular flexibility index (Phi) is 5.15. The largest absolute Gasteiger partial charge is 0.310 e. The van der Waals surface area contributed by atoms with Crippen LogP contribution in [0.25, 0.3) is 0 Å². The summed E-state index contributed by atoms with van der Waals surface area (Å²) in [6.45, 7) is 3.06. The zero-order chi connectivity index (χ0) is 14.6. The van der Waals surface area contributed by atoms with Crippen molar-refractivity contribution in [3.63, 3.8) is 0 Å². The first-order valence-corrected chi connectivity index (χ1v) is 8.53. The van der Waals surface area contributed by atoms with Crippen LogP contribution in [0.15, 0.2) is 29.2 Å². The van der Waals surface area contributed by atoms with Gasteiger partial charge in [-0.1, -0.05) is 12.1 Å². The topological polar surface area (TPSA) is 75.4 Å². The molecule has 6 heteroatoms. The summed E-state index contributed by atoms with van der Waals surface area (Å²) in [7, 11) is -1.43. The monoisotopic (exact) mass is 297 g/mol. The number of rotatable bonds is 4. The molecular weight excluding hydrogens is 274 g/mol. The first-order valence-electron chi connectivity index (χ1n) is 6.99. The molecule has 2 rings (SSSR count). The highest BCUT2D eigenvalue weighted by atomic mass is 32.2. The lowest BCUT2D eigenvalue weighted by molar-refractivity contribution is 0.343. The van der Waals surface area contributed by atoms with Crippen molar-refractivity contribution >= 4 is 10.0 Å². The van der Waals surface area contributed by atoms with Gasteiger partial charge in [0.25, 0.3) is 0 Å². The van der Waals surface area contributed by atoms with Gasteiger partial charge in [0.2, 0.25) is 10.0 Å². The number of primary sulfonamides is 1. The van der Waals surface area contributed by atoms with Gasteiger partial charge in [0.15, 0.2) is 0 Å². The van der Waals surface area contributed by atoms with Gasteiger partial charge in [-0.3, -0.25) is 0 Å². The highest BCUT2D eigenvalue weighted by Gasteiger charge is 2.14. The van der Waals surface area contributed by atoms with Gasteiger partial charge in [-0.25, -0.2) is 13.6 Å². The Morgan fingerprint density at radius 1 is 1.25 bits per heavy atom. The Labute approximate surface area is 121 Å². The summed E-state index contributed by atoms with van der Waals surface area (Å²) in [6, 6.07) is 7.30. The molecule has 1 atom stereocenters. The van der Waals surface area contributed by atoms with E-state index in [1.54, 1.807) is 12.1 Å². The minimum absolute atomic E-state index is 0.164. The Morgan fingerprint density at radius 3 is 2.60 bits per heavy atom. The molecule has 0 amide bonds. The predicted octanol–water partition coefficient (Wildman–Crippen LogP) is 0.908. The fraction of sp³-hybridized carbons (Fsp3) is 0.571. The number of likely N-dealkylation sites (tertiary alicyclic amines) is 1. The molecular formula is C14H23N3O2S. The first-order chi connectivity index (χ1) is 9.45. The Bertz CT molecular complexity index is 528. The SMILES string of the molecule is CN1CCCC(NCc2ccc(S(N)(=O)=O)cc2)CC1. The van der Waals surface area contributed by atoms with Gasteiger partial charge in [0.05, 0.1) is 4.90 Å². The molecule has 1 aliphatic heterocycles. The lowest BCUT2D eigenvalue weighted by Crippen LogP contribution is -2.29. The van der Waals surface area contributed by atoms with E-state index < -0.39 is 10.0 Å². The molecule has 1 saturated heterocycles. The van der Waals surface area contributed by atoms with Crippen molar-refractivity contribution in [3.8, 4) is 0 Å². The van der Waals surface area contributed by atoms with Crippen molar-refractivity contribution in [3.05, 3.63) is 29.8 Å². The third kappa shape index (κ3) is 4.56. The number of nitrogens with one attached hydrogen (secondary N) is 1. The van der Waals surface area contributed by atoms with E-state index in [1.807, 2.05) is 12.1 Å². The second-order valence-electron chi connectivity index (χ2n) is 5.50. The molecule has 0 bridgehead atoms. The molecule has 0 radical (unpaired) electrons. The van der Waals surface area contributed by atoms with Gasteiger partial charge in [-0.2, -0.15) is 0 Å². The molecule has 1 fully saturated rings. The molecule has 0 aliphatic carbocycles. The quantitative estimate of drug-likeness (QED) is 0.866. The summed E-state index contributed by atoms with van der Waals surface area (Å²) in [5.41, 5.74) is 1.08. The molecule has 1 aromatic carbocycles. The maximum absolute atomic E-state index is 11.2. The van der Waals surface area contributed by atoms with E-state index in [0.717, 1.165) is 25.1 Å². The van der Waals surface area contributed by atoms with Gasteiger partial charge < -0.3 is 10.2 Å². The molecule has 0 saturated carbocycles. The summed E-state index contributed by atoms with van der Waals surface area (Å²) in [4.78, 5) is 2.53. The second-order valence-corrected chi connectivity index (χ2v) is 7.06. The van der Waals surface area contributed by atoms with E-state index in [-0.39, 0.29) is 4.90 Å². The molecule has 1 unspecified atom stereocenters. The van der Waals surface area contributed by atoms with Gasteiger partial charge in [-0.15, -0.1) is 0 Å². The first kappa shape index (κ1) is 15.4. The standard InChI is InChI=1S/C14H23N3O2S/c1-17-9-2-3-13(8-10-17)16-11-12-4-6-14(7-5-12)20(15,18)19/h4-7,13,16H,2-3,8-11H2,1H3,(H2,15,18,19). The third-order valence-corrected chi connectivity index (χ3v) is 4.73. The van der Waals surface area contributed by atoms with Crippen molar-refractivity contribution in [2.75, 3.05) is 20.1 Å². The van der Waals surface area contributed by atoms with Crippen molar-refractivity contribution in [2.45, 2.75) is 36.7 Å². The van der Waals surface area contributed by atoms with E-state index >= 15 is 0 Å². The smallest absolute Gasteiger partial charge is 0.238 e. The van der Waals surface area contributed by atoms with Crippen LogP contribution in [0.1, 0.15) is 24.8 Å². The van der Waals surface area contributed by atoms with E-state index in [9.17, 15) is 8.42 Å². The highest BCUT2D eigenvalue weighted by Crippen LogP contribution is 2.12. The Morgan fingerprint density at radius 2 is 1.95 bits per heavy atom. The summed E-state index contributed by atoms with van der Waals surface area (Å²) >= 11 is 0. The fourth-order valence-electron chi connectivity index (χ4n) is 2.50. The predicted molar refractivity (Wildman–Crippen MR) is 79.8 cm³/mol. The van der Waals surface area contributed by atoms with Gasteiger partial charge >= 0.3 is 0 Å². The van der Waals surface area contributed by atoms with Gasteiger partial charge in [0.1, 0.15) is 0 Å². The van der Waals surface area contributed by atoms with E-state index in [1.165, 1.54) is 19.4 Å². The summed E-state index contributed by atoms with van der Waals surface area (Å²) in [5.74, 6) is 0. The average molecular weight is 297 g/mol. The minimum Gasteiger partial charge on any atom is -0.310 e. The van der Waals surface area contributed by atoms with Crippen molar-refractivity contribution < 1.29 is 8.42 Å². The number of benzene rings is 1. The molecule has 1 aromatic rings. The minimum atomic E-state index is -3.59. The van der Waals surface area contributed by atoms with Crippen molar-refractivity contribution in [2.24, 2.45) is 5.14 Å². The maximum atomic E-state index is 11.2. The molecule has 5 nitrogen and oxygen atoms in total. The van der Waals surface area contributed by atoms with Crippen LogP contribution in [0.4, 0.5) is 0 Å². The van der Waals surface area contributed by atoms with Crippen LogP contribution in [-0.4, -0.2) is 39.5 Å². The van der Waals surface area contributed by atoms with Crippen molar-refractivity contribution in [1.29, 1.82) is 0 Å². The molecule has 1 heterocycles. The Balaban J connectivity index is 1.88. The van der Waals surface area contributed by atoms with Gasteiger partial charge in [0, 0.05) is 12.6 Å². The Hall–Kier alpha value is -0.950. The molecule has 0 aromatic heterocycles. The summed E-state index contributed by atoms with van der Waals surface area (Å²) in [5, 5.41) is 8.63. The molecule has 112 valence electrons. The number of sulfonamides is 1. The van der Waals surface area contributed by atoms with Crippen LogP contribution < -0.4 is 10.5 Å². The van der Waals surface area contributed by atoms with Crippen LogP contribution in [0.5, 0.6) is 0 Å². The molecule has 0 spiro atoms. The van der Waals surface area contributed by atoms with E-state index in [0.29, 0.717) is 6.04 Å². The van der Waals surface area contributed by atoms with E-state index in [2.05, 4.69) is 17.3 Å². The highest BCUT2D eigenvalue weighted by molar-refractivity contribution is 7.89. The zero-order valence-corrected chi connectivity index (χ0v) is 12.7. The summed E-state index contributed by atoms with van der Waals surface area (Å²) in [6.07, 6.45) is 3.57. The molecule has 20 heavy (non-hydrogen) atoms. The number of nitrogens with zero attached hydrogens (tertiary/aromatic N) is 1. The maximum Gasteiger partial charge on any atom is 0.238 e. The van der Waals surface area contributed by atoms with Crippen LogP contribution >= 0.6 is 0 Å². The second kappa shape index (κ2) is 6.67. The van der Waals surface area contributed by atoms with Crippen LogP contribution in [0.2, 0.25) is 0 Å². The van der Waals surface area contributed by atoms with E-state index in [4.69, 9.17) is 5.14 Å². The van der Waals surface area contributed by atoms with Crippen molar-refractivity contribution in [1.82, 2.24) is 10.2 Å². The summed E-state index contributed by atoms with van der Waals surface area (Å²) < 4.78 is 22.4. The average Bonchev–Trinajstić information content (AvgIpc) is 2.61. The van der Waals surface area contributed by atoms with Crippen LogP contribution in [-0.2, 0) is 16.6 Å². The molecule has 3 N–H and O–H groups in total. The van der Waals surface area contributed by atoms with Gasteiger partial charge in [-0.05, 0) is 57.1 Å². The lowest BCUT2D eigenvalue weighted by atomic mass is 10.1. The van der Waals surface area contributed by atoms with Crippen LogP contribution in [0.3, 0.4) is 0 Å².